The van der Waals surface area contributed by atoms with Crippen LogP contribution >= 0.6 is 0 Å². The molecular weight excluding hydrogens is 188 g/mol. The van der Waals surface area contributed by atoms with Gasteiger partial charge in [-0.2, -0.15) is 5.10 Å². The Morgan fingerprint density at radius 1 is 1.47 bits per heavy atom. The van der Waals surface area contributed by atoms with Crippen molar-refractivity contribution < 1.29 is 0 Å². The Bertz CT molecular complexity index is 291. The van der Waals surface area contributed by atoms with Crippen LogP contribution in [0.3, 0.4) is 0 Å². The van der Waals surface area contributed by atoms with Gasteiger partial charge >= 0.3 is 0 Å². The first-order valence-electron chi connectivity index (χ1n) is 5.77. The van der Waals surface area contributed by atoms with Crippen molar-refractivity contribution in [3.05, 3.63) is 18.0 Å². The van der Waals surface area contributed by atoms with Crippen molar-refractivity contribution in [1.29, 1.82) is 0 Å². The van der Waals surface area contributed by atoms with Crippen molar-refractivity contribution in [1.82, 2.24) is 20.4 Å². The van der Waals surface area contributed by atoms with Gasteiger partial charge in [-0.05, 0) is 38.4 Å². The van der Waals surface area contributed by atoms with E-state index in [1.165, 1.54) is 25.0 Å². The average molecular weight is 208 g/mol. The summed E-state index contributed by atoms with van der Waals surface area (Å²) in [6.45, 7) is 3.13. The molecule has 0 unspecified atom stereocenters. The lowest BCUT2D eigenvalue weighted by Crippen LogP contribution is -2.23. The quantitative estimate of drug-likeness (QED) is 0.647. The molecule has 1 heterocycles. The minimum atomic E-state index is 0.835. The third-order valence-corrected chi connectivity index (χ3v) is 2.77. The van der Waals surface area contributed by atoms with E-state index in [2.05, 4.69) is 21.8 Å². The van der Waals surface area contributed by atoms with Crippen LogP contribution < -0.4 is 10.6 Å². The number of aromatic nitrogens is 2. The van der Waals surface area contributed by atoms with E-state index in [1.54, 1.807) is 0 Å². The maximum atomic E-state index is 4.13. The third kappa shape index (κ3) is 3.64. The van der Waals surface area contributed by atoms with Crippen molar-refractivity contribution in [3.63, 3.8) is 0 Å². The van der Waals surface area contributed by atoms with Crippen molar-refractivity contribution in [2.75, 3.05) is 13.1 Å². The molecule has 0 spiro atoms. The molecule has 1 aliphatic carbocycles. The van der Waals surface area contributed by atoms with E-state index in [-0.39, 0.29) is 0 Å². The van der Waals surface area contributed by atoms with Crippen LogP contribution in [-0.4, -0.2) is 28.9 Å². The van der Waals surface area contributed by atoms with Crippen LogP contribution in [0, 0.1) is 0 Å². The highest BCUT2D eigenvalue weighted by Gasteiger charge is 2.19. The van der Waals surface area contributed by atoms with Gasteiger partial charge in [0.25, 0.3) is 0 Å². The van der Waals surface area contributed by atoms with Gasteiger partial charge in [0.15, 0.2) is 0 Å². The fourth-order valence-electron chi connectivity index (χ4n) is 1.60. The SMILES string of the molecule is Cn1nccc1CNCCCNC1CC1. The van der Waals surface area contributed by atoms with Crippen LogP contribution in [0.25, 0.3) is 0 Å². The fraction of sp³-hybridized carbons (Fsp3) is 0.727. The molecule has 0 atom stereocenters. The highest BCUT2D eigenvalue weighted by atomic mass is 15.3. The molecule has 4 heteroatoms. The molecule has 1 aromatic rings. The normalized spacial score (nSPS) is 15.8. The monoisotopic (exact) mass is 208 g/mol. The number of aryl methyl sites for hydroxylation is 1. The van der Waals surface area contributed by atoms with Gasteiger partial charge in [0.05, 0.1) is 5.69 Å². The lowest BCUT2D eigenvalue weighted by Gasteiger charge is -2.05. The summed E-state index contributed by atoms with van der Waals surface area (Å²) in [5.74, 6) is 0. The summed E-state index contributed by atoms with van der Waals surface area (Å²) < 4.78 is 1.91. The summed E-state index contributed by atoms with van der Waals surface area (Å²) in [5, 5.41) is 11.1. The summed E-state index contributed by atoms with van der Waals surface area (Å²) in [6.07, 6.45) is 5.80. The minimum absolute atomic E-state index is 0.835. The molecule has 0 bridgehead atoms. The van der Waals surface area contributed by atoms with Gasteiger partial charge < -0.3 is 10.6 Å². The van der Waals surface area contributed by atoms with Crippen LogP contribution in [0.15, 0.2) is 12.3 Å². The van der Waals surface area contributed by atoms with E-state index in [4.69, 9.17) is 0 Å². The van der Waals surface area contributed by atoms with Gasteiger partial charge in [0, 0.05) is 25.8 Å². The maximum absolute atomic E-state index is 4.13. The maximum Gasteiger partial charge on any atom is 0.0518 e. The average Bonchev–Trinajstić information content (AvgIpc) is 2.96. The van der Waals surface area contributed by atoms with E-state index in [0.29, 0.717) is 0 Å². The van der Waals surface area contributed by atoms with Gasteiger partial charge in [0.1, 0.15) is 0 Å². The summed E-state index contributed by atoms with van der Waals surface area (Å²) in [6, 6.07) is 2.89. The van der Waals surface area contributed by atoms with Gasteiger partial charge in [-0.3, -0.25) is 4.68 Å². The summed E-state index contributed by atoms with van der Waals surface area (Å²) in [4.78, 5) is 0. The highest BCUT2D eigenvalue weighted by molar-refractivity contribution is 4.98. The number of nitrogens with zero attached hydrogens (tertiary/aromatic N) is 2. The van der Waals surface area contributed by atoms with E-state index in [1.807, 2.05) is 17.9 Å². The predicted molar refractivity (Wildman–Crippen MR) is 60.6 cm³/mol. The molecule has 0 amide bonds. The number of rotatable bonds is 7. The number of hydrogen-bond donors (Lipinski definition) is 2. The second-order valence-electron chi connectivity index (χ2n) is 4.20. The minimum Gasteiger partial charge on any atom is -0.314 e. The van der Waals surface area contributed by atoms with E-state index in [0.717, 1.165) is 25.7 Å². The molecule has 1 aliphatic rings. The van der Waals surface area contributed by atoms with Gasteiger partial charge in [-0.25, -0.2) is 0 Å². The van der Waals surface area contributed by atoms with Crippen LogP contribution in [0.5, 0.6) is 0 Å². The Labute approximate surface area is 91.1 Å². The summed E-state index contributed by atoms with van der Waals surface area (Å²) in [7, 11) is 1.98. The molecule has 1 aromatic heterocycles. The van der Waals surface area contributed by atoms with Crippen molar-refractivity contribution in [2.45, 2.75) is 31.8 Å². The van der Waals surface area contributed by atoms with Gasteiger partial charge in [-0.1, -0.05) is 0 Å². The Kier molecular flexibility index (Phi) is 3.75. The van der Waals surface area contributed by atoms with Crippen molar-refractivity contribution in [2.24, 2.45) is 7.05 Å². The Balaban J connectivity index is 1.49. The molecular formula is C11H20N4. The first-order chi connectivity index (χ1) is 7.36. The molecule has 0 aromatic carbocycles. The Morgan fingerprint density at radius 2 is 2.33 bits per heavy atom. The second kappa shape index (κ2) is 5.28. The first kappa shape index (κ1) is 10.6. The molecule has 2 rings (SSSR count). The van der Waals surface area contributed by atoms with E-state index >= 15 is 0 Å². The van der Waals surface area contributed by atoms with E-state index in [9.17, 15) is 0 Å². The molecule has 1 saturated carbocycles. The topological polar surface area (TPSA) is 41.9 Å². The highest BCUT2D eigenvalue weighted by Crippen LogP contribution is 2.18. The molecule has 4 nitrogen and oxygen atoms in total. The summed E-state index contributed by atoms with van der Waals surface area (Å²) in [5.41, 5.74) is 1.24. The molecule has 2 N–H and O–H groups in total. The molecule has 84 valence electrons. The number of hydrogen-bond acceptors (Lipinski definition) is 3. The van der Waals surface area contributed by atoms with Gasteiger partial charge in [0.2, 0.25) is 0 Å². The Hall–Kier alpha value is -0.870. The Morgan fingerprint density at radius 3 is 3.00 bits per heavy atom. The van der Waals surface area contributed by atoms with Crippen LogP contribution in [0.4, 0.5) is 0 Å². The second-order valence-corrected chi connectivity index (χ2v) is 4.20. The van der Waals surface area contributed by atoms with Gasteiger partial charge in [-0.15, -0.1) is 0 Å². The van der Waals surface area contributed by atoms with Crippen molar-refractivity contribution >= 4 is 0 Å². The van der Waals surface area contributed by atoms with Crippen molar-refractivity contribution in [3.8, 4) is 0 Å². The fourth-order valence-corrected chi connectivity index (χ4v) is 1.60. The molecule has 15 heavy (non-hydrogen) atoms. The van der Waals surface area contributed by atoms with Crippen LogP contribution in [0.2, 0.25) is 0 Å². The smallest absolute Gasteiger partial charge is 0.0518 e. The van der Waals surface area contributed by atoms with Crippen LogP contribution in [0.1, 0.15) is 25.0 Å². The lowest BCUT2D eigenvalue weighted by atomic mass is 10.3. The largest absolute Gasteiger partial charge is 0.314 e. The predicted octanol–water partition coefficient (Wildman–Crippen LogP) is 0.652. The zero-order valence-corrected chi connectivity index (χ0v) is 9.37. The zero-order valence-electron chi connectivity index (χ0n) is 9.37. The standard InChI is InChI=1S/C11H20N4/c1-15-11(5-8-14-15)9-12-6-2-7-13-10-3-4-10/h5,8,10,12-13H,2-4,6-7,9H2,1H3. The number of nitrogens with one attached hydrogen (secondary N) is 2. The third-order valence-electron chi connectivity index (χ3n) is 2.77. The molecule has 0 radical (unpaired) electrons. The summed E-state index contributed by atoms with van der Waals surface area (Å²) >= 11 is 0. The zero-order chi connectivity index (χ0) is 10.5. The molecule has 0 saturated heterocycles. The first-order valence-corrected chi connectivity index (χ1v) is 5.77. The van der Waals surface area contributed by atoms with Crippen LogP contribution in [-0.2, 0) is 13.6 Å². The molecule has 1 fully saturated rings. The molecule has 0 aliphatic heterocycles. The lowest BCUT2D eigenvalue weighted by molar-refractivity contribution is 0.575. The van der Waals surface area contributed by atoms with E-state index < -0.39 is 0 Å².